The Morgan fingerprint density at radius 2 is 1.95 bits per heavy atom. The van der Waals surface area contributed by atoms with Gasteiger partial charge in [0, 0.05) is 33.3 Å². The van der Waals surface area contributed by atoms with E-state index in [9.17, 15) is 8.42 Å². The first-order valence-corrected chi connectivity index (χ1v) is 8.90. The number of ether oxygens (including phenoxy) is 2. The van der Waals surface area contributed by atoms with E-state index in [2.05, 4.69) is 19.0 Å². The van der Waals surface area contributed by atoms with Crippen LogP contribution in [0.25, 0.3) is 0 Å². The van der Waals surface area contributed by atoms with Crippen molar-refractivity contribution < 1.29 is 22.4 Å². The summed E-state index contributed by atoms with van der Waals surface area (Å²) in [6, 6.07) is 1.81. The number of aromatic nitrogens is 1. The summed E-state index contributed by atoms with van der Waals surface area (Å²) in [6.45, 7) is 5.10. The molecule has 7 nitrogen and oxygen atoms in total. The van der Waals surface area contributed by atoms with Crippen LogP contribution in [0.4, 0.5) is 0 Å². The summed E-state index contributed by atoms with van der Waals surface area (Å²) in [5.74, 6) is 1.16. The van der Waals surface area contributed by atoms with Crippen LogP contribution in [0.15, 0.2) is 10.6 Å². The highest BCUT2D eigenvalue weighted by Crippen LogP contribution is 2.13. The van der Waals surface area contributed by atoms with Gasteiger partial charge < -0.3 is 14.0 Å². The summed E-state index contributed by atoms with van der Waals surface area (Å²) in [4.78, 5) is 0. The molecule has 0 saturated carbocycles. The van der Waals surface area contributed by atoms with Crippen molar-refractivity contribution in [3.05, 3.63) is 17.5 Å². The van der Waals surface area contributed by atoms with Gasteiger partial charge in [-0.05, 0) is 5.92 Å². The number of hydrogen-bond acceptors (Lipinski definition) is 6. The molecule has 0 bridgehead atoms. The van der Waals surface area contributed by atoms with E-state index >= 15 is 0 Å². The molecule has 0 atom stereocenters. The van der Waals surface area contributed by atoms with Gasteiger partial charge >= 0.3 is 0 Å². The van der Waals surface area contributed by atoms with Crippen molar-refractivity contribution >= 4 is 10.0 Å². The number of hydrogen-bond donors (Lipinski definition) is 0. The molecule has 0 fully saturated rings. The lowest BCUT2D eigenvalue weighted by molar-refractivity contribution is 0.175. The maximum absolute atomic E-state index is 12.3. The minimum atomic E-state index is -3.42. The molecule has 0 spiro atoms. The molecule has 8 heteroatoms. The quantitative estimate of drug-likeness (QED) is 0.607. The molecule has 1 rings (SSSR count). The van der Waals surface area contributed by atoms with Crippen LogP contribution >= 0.6 is 0 Å². The van der Waals surface area contributed by atoms with E-state index in [0.717, 1.165) is 12.2 Å². The minimum absolute atomic E-state index is 0.0656. The third-order valence-electron chi connectivity index (χ3n) is 3.04. The normalized spacial score (nSPS) is 12.5. The molecule has 1 aromatic heterocycles. The lowest BCUT2D eigenvalue weighted by atomic mass is 10.1. The van der Waals surface area contributed by atoms with Crippen LogP contribution in [0.1, 0.15) is 25.3 Å². The molecule has 0 unspecified atom stereocenters. The molecule has 128 valence electrons. The Labute approximate surface area is 132 Å². The Morgan fingerprint density at radius 3 is 2.55 bits per heavy atom. The van der Waals surface area contributed by atoms with Crippen LogP contribution in [-0.2, 0) is 32.5 Å². The Balaban J connectivity index is 2.77. The van der Waals surface area contributed by atoms with Crippen molar-refractivity contribution in [2.24, 2.45) is 5.92 Å². The molecule has 22 heavy (non-hydrogen) atoms. The second-order valence-electron chi connectivity index (χ2n) is 5.52. The molecule has 0 saturated heterocycles. The second kappa shape index (κ2) is 9.24. The predicted molar refractivity (Wildman–Crippen MR) is 83.0 cm³/mol. The topological polar surface area (TPSA) is 81.9 Å². The molecule has 0 N–H and O–H groups in total. The Bertz CT molecular complexity index is 527. The van der Waals surface area contributed by atoms with Crippen molar-refractivity contribution in [3.63, 3.8) is 0 Å². The van der Waals surface area contributed by atoms with E-state index in [-0.39, 0.29) is 25.4 Å². The van der Waals surface area contributed by atoms with Gasteiger partial charge in [0.05, 0.1) is 31.2 Å². The van der Waals surface area contributed by atoms with Crippen LogP contribution in [0.5, 0.6) is 0 Å². The van der Waals surface area contributed by atoms with Gasteiger partial charge in [-0.2, -0.15) is 4.31 Å². The average molecular weight is 334 g/mol. The summed E-state index contributed by atoms with van der Waals surface area (Å²) >= 11 is 0. The number of methoxy groups -OCH3 is 2. The lowest BCUT2D eigenvalue weighted by Crippen LogP contribution is -2.36. The van der Waals surface area contributed by atoms with Gasteiger partial charge in [-0.1, -0.05) is 19.0 Å². The minimum Gasteiger partial charge on any atom is -0.384 e. The van der Waals surface area contributed by atoms with Crippen molar-refractivity contribution in [3.8, 4) is 0 Å². The number of sulfonamides is 1. The van der Waals surface area contributed by atoms with Gasteiger partial charge in [0.15, 0.2) is 0 Å². The van der Waals surface area contributed by atoms with Crippen molar-refractivity contribution in [1.29, 1.82) is 0 Å². The van der Waals surface area contributed by atoms with Gasteiger partial charge in [0.1, 0.15) is 5.76 Å². The molecule has 0 aliphatic heterocycles. The summed E-state index contributed by atoms with van der Waals surface area (Å²) in [5.41, 5.74) is 0.604. The summed E-state index contributed by atoms with van der Waals surface area (Å²) in [7, 11) is -0.407. The standard InChI is InChI=1S/C14H26N2O5S/c1-12(2)9-14-10-13(15-21-14)11-16(5-6-19-3)22(17,18)8-7-20-4/h10,12H,5-9,11H2,1-4H3. The van der Waals surface area contributed by atoms with Gasteiger partial charge in [-0.3, -0.25) is 0 Å². The highest BCUT2D eigenvalue weighted by atomic mass is 32.2. The van der Waals surface area contributed by atoms with E-state index < -0.39 is 10.0 Å². The summed E-state index contributed by atoms with van der Waals surface area (Å²) < 4.78 is 41.1. The zero-order chi connectivity index (χ0) is 16.6. The van der Waals surface area contributed by atoms with E-state index in [1.165, 1.54) is 18.5 Å². The first-order valence-electron chi connectivity index (χ1n) is 7.29. The fraction of sp³-hybridized carbons (Fsp3) is 0.786. The van der Waals surface area contributed by atoms with Gasteiger partial charge in [0.25, 0.3) is 0 Å². The first kappa shape index (κ1) is 19.1. The van der Waals surface area contributed by atoms with Crippen LogP contribution in [0.2, 0.25) is 0 Å². The molecule has 0 aromatic carbocycles. The first-order chi connectivity index (χ1) is 10.4. The van der Waals surface area contributed by atoms with Crippen LogP contribution in [-0.4, -0.2) is 57.6 Å². The molecule has 0 aliphatic rings. The highest BCUT2D eigenvalue weighted by Gasteiger charge is 2.23. The lowest BCUT2D eigenvalue weighted by Gasteiger charge is -2.20. The SMILES string of the molecule is COCCN(Cc1cc(CC(C)C)on1)S(=O)(=O)CCOC. The van der Waals surface area contributed by atoms with Crippen molar-refractivity contribution in [2.75, 3.05) is 39.7 Å². The fourth-order valence-electron chi connectivity index (χ4n) is 1.94. The second-order valence-corrected chi connectivity index (χ2v) is 7.61. The summed E-state index contributed by atoms with van der Waals surface area (Å²) in [5, 5.41) is 3.96. The van der Waals surface area contributed by atoms with Crippen molar-refractivity contribution in [2.45, 2.75) is 26.8 Å². The third kappa shape index (κ3) is 6.43. The van der Waals surface area contributed by atoms with Crippen LogP contribution in [0.3, 0.4) is 0 Å². The van der Waals surface area contributed by atoms with Gasteiger partial charge in [0.2, 0.25) is 10.0 Å². The van der Waals surface area contributed by atoms with E-state index in [0.29, 0.717) is 18.2 Å². The third-order valence-corrected chi connectivity index (χ3v) is 4.82. The van der Waals surface area contributed by atoms with E-state index in [4.69, 9.17) is 14.0 Å². The van der Waals surface area contributed by atoms with Crippen molar-refractivity contribution in [1.82, 2.24) is 9.46 Å². The fourth-order valence-corrected chi connectivity index (χ4v) is 3.25. The average Bonchev–Trinajstić information content (AvgIpc) is 2.87. The van der Waals surface area contributed by atoms with Gasteiger partial charge in [-0.25, -0.2) is 8.42 Å². The monoisotopic (exact) mass is 334 g/mol. The van der Waals surface area contributed by atoms with Crippen LogP contribution < -0.4 is 0 Å². The molecule has 0 radical (unpaired) electrons. The maximum Gasteiger partial charge on any atom is 0.216 e. The largest absolute Gasteiger partial charge is 0.384 e. The van der Waals surface area contributed by atoms with Gasteiger partial charge in [-0.15, -0.1) is 0 Å². The Morgan fingerprint density at radius 1 is 1.27 bits per heavy atom. The number of rotatable bonds is 11. The highest BCUT2D eigenvalue weighted by molar-refractivity contribution is 7.89. The molecule has 0 amide bonds. The molecular formula is C14H26N2O5S. The van der Waals surface area contributed by atoms with E-state index in [1.54, 1.807) is 0 Å². The molecule has 1 aromatic rings. The number of nitrogens with zero attached hydrogens (tertiary/aromatic N) is 2. The molecule has 0 aliphatic carbocycles. The zero-order valence-electron chi connectivity index (χ0n) is 13.7. The molecular weight excluding hydrogens is 308 g/mol. The summed E-state index contributed by atoms with van der Waals surface area (Å²) in [6.07, 6.45) is 0.779. The smallest absolute Gasteiger partial charge is 0.216 e. The van der Waals surface area contributed by atoms with Crippen LogP contribution in [0, 0.1) is 5.92 Å². The Hall–Kier alpha value is -0.960. The zero-order valence-corrected chi connectivity index (χ0v) is 14.6. The molecule has 1 heterocycles. The Kier molecular flexibility index (Phi) is 8.02. The maximum atomic E-state index is 12.3. The predicted octanol–water partition coefficient (Wildman–Crippen LogP) is 1.30. The van der Waals surface area contributed by atoms with E-state index in [1.807, 2.05) is 6.07 Å².